The number of aliphatic hydroxyl groups is 10. The van der Waals surface area contributed by atoms with Gasteiger partial charge in [0.15, 0.2) is 0 Å². The smallest absolute Gasteiger partial charge is 0.245 e. The summed E-state index contributed by atoms with van der Waals surface area (Å²) >= 11 is 29.8. The van der Waals surface area contributed by atoms with Crippen LogP contribution in [0.25, 0.3) is 10.9 Å². The van der Waals surface area contributed by atoms with Crippen molar-refractivity contribution in [1.82, 2.24) is 20.7 Å². The van der Waals surface area contributed by atoms with Gasteiger partial charge in [-0.1, -0.05) is 108 Å². The number of aromatic amines is 1. The van der Waals surface area contributed by atoms with Crippen molar-refractivity contribution in [3.05, 3.63) is 163 Å². The van der Waals surface area contributed by atoms with Crippen LogP contribution in [0.4, 0.5) is 0 Å². The van der Waals surface area contributed by atoms with Crippen LogP contribution < -0.4 is 10.6 Å². The number of carbonyl (C=O) groups is 3. The number of amides is 3. The number of hydroxylamine groups is 2. The molecule has 27 heteroatoms. The highest BCUT2D eigenvalue weighted by atomic mass is 79.9. The van der Waals surface area contributed by atoms with Gasteiger partial charge in [-0.05, 0) is 206 Å². The van der Waals surface area contributed by atoms with Gasteiger partial charge in [-0.15, -0.1) is 34.0 Å². The Hall–Kier alpha value is -4.10. The lowest BCUT2D eigenvalue weighted by molar-refractivity contribution is -0.168. The summed E-state index contributed by atoms with van der Waals surface area (Å²) in [6, 6.07) is 13.0. The van der Waals surface area contributed by atoms with Crippen LogP contribution in [0, 0.1) is 42.4 Å². The number of thiophene rings is 3. The number of carbonyl (C=O) groups excluding carboxylic acids is 3. The molecule has 8 rings (SSSR count). The summed E-state index contributed by atoms with van der Waals surface area (Å²) in [5.41, 5.74) is 4.04. The molecular formula is C78H107Br2Cl3N4O15S3. The van der Waals surface area contributed by atoms with Crippen LogP contribution >= 0.6 is 101 Å². The number of aliphatic hydroxyl groups excluding tert-OH is 10. The summed E-state index contributed by atoms with van der Waals surface area (Å²) in [5.74, 6) is -0.837. The maximum atomic E-state index is 12.2. The number of hydrogen-bond acceptors (Lipinski definition) is 18. The minimum Gasteiger partial charge on any atom is -0.508 e. The molecule has 0 spiro atoms. The van der Waals surface area contributed by atoms with E-state index in [4.69, 9.17) is 44.7 Å². The molecule has 3 saturated carbocycles. The highest BCUT2D eigenvalue weighted by molar-refractivity contribution is 9.12. The molecule has 3 fully saturated rings. The van der Waals surface area contributed by atoms with Crippen LogP contribution in [-0.4, -0.2) is 173 Å². The number of H-pyrrole nitrogens is 1. The maximum absolute atomic E-state index is 12.2. The second-order valence-corrected chi connectivity index (χ2v) is 35.0. The molecule has 14 N–H and O–H groups in total. The molecule has 0 bridgehead atoms. The molecule has 1 aromatic carbocycles. The third-order valence-corrected chi connectivity index (χ3v) is 25.0. The Morgan fingerprint density at radius 1 is 0.619 bits per heavy atom. The maximum Gasteiger partial charge on any atom is 0.245 e. The van der Waals surface area contributed by atoms with Crippen LogP contribution in [0.15, 0.2) is 123 Å². The van der Waals surface area contributed by atoms with Gasteiger partial charge in [0.05, 0.1) is 89.9 Å². The van der Waals surface area contributed by atoms with E-state index in [-0.39, 0.29) is 72.1 Å². The van der Waals surface area contributed by atoms with Crippen molar-refractivity contribution in [1.29, 1.82) is 0 Å². The quantitative estimate of drug-likeness (QED) is 0.00988. The first-order valence-electron chi connectivity index (χ1n) is 36.2. The standard InChI is InChI=1S/C32H41ClN2O5S.C23H33Br2NO5S.C23H33Cl2NO5S/c1-20-28(33)18-25(41-20)11-8-23(36)9-12-27-26(30(38)19-31(27)39)6-4-2-3-5-7-32(40)34-15-14-22-16-21-17-24(37)10-13-29(21)35-22;1-26(31-2)22(30)8-6-4-3-5-7-17-18(20(29)14-19(17)28)12-11-16(27)10-9-15-13-21(24)32-23(15)25;24-21-13-15(23(25)32-21)7-8-16(28)9-10-18-17(19(29)14-20(18)30)5-3-1-2-4-6-22(31)26-11-12-27/h2,4,9-10,12-13,16-18,23,26-27,30-31,35-39H,3,5-8,11,14-15,19H2,1H3,(H,34,40);3,5,11-13,16-20,27-29H,4,6-10,14H2,1-2H3;1,3,9-10,13,16-20,27-30H,2,4-8,11-12,14H2,(H,26,31)/b4-2-,12-9+;5-3-,12-11+;3-1-,10-9+/t23-,26-,27+,30-,31+;2*16-,17+,18+,19-,20+/m000/s1. The number of unbranched alkanes of at least 4 members (excludes halogenated alkanes) is 3. The van der Waals surface area contributed by atoms with Crippen LogP contribution in [0.1, 0.15) is 142 Å². The molecule has 0 radical (unpaired) electrons. The molecule has 0 unspecified atom stereocenters. The van der Waals surface area contributed by atoms with Gasteiger partial charge in [-0.3, -0.25) is 19.2 Å². The average molecular weight is 1700 g/mol. The van der Waals surface area contributed by atoms with Gasteiger partial charge in [0, 0.05) is 109 Å². The van der Waals surface area contributed by atoms with E-state index < -0.39 is 54.9 Å². The average Bonchev–Trinajstić information content (AvgIpc) is 1.71. The Morgan fingerprint density at radius 2 is 1.10 bits per heavy atom. The van der Waals surface area contributed by atoms with E-state index in [1.807, 2.05) is 85.9 Å². The fourth-order valence-corrected chi connectivity index (χ4v) is 19.1. The SMILES string of the molecule is CON(C)C(=O)CCC/C=C\C[C@@H]1[C@@H](/C=C/[C@@H](O)CCc2cc(Br)sc2Br)[C@H](O)C[C@@H]1O.Cc1sc(CC[C@H](O)/C=C/[C@@H]2[C@H](C/C=C\CCCC(=O)NCCc3cc4cc(O)ccc4[nH]3)[C@@H](O)C[C@H]2O)cc1Cl.O=C(CCC/C=C\C[C@@H]1[C@@H](/C=C/[C@@H](O)CCc2cc(Cl)sc2Cl)[C@H](O)C[C@@H]1O)NCCO. The predicted molar refractivity (Wildman–Crippen MR) is 429 cm³/mol. The van der Waals surface area contributed by atoms with E-state index in [1.165, 1.54) is 23.5 Å². The van der Waals surface area contributed by atoms with Gasteiger partial charge in [0.25, 0.3) is 0 Å². The van der Waals surface area contributed by atoms with Gasteiger partial charge >= 0.3 is 0 Å². The lowest BCUT2D eigenvalue weighted by atomic mass is 9.89. The number of halogens is 5. The molecule has 4 heterocycles. The number of hydrogen-bond donors (Lipinski definition) is 14. The van der Waals surface area contributed by atoms with Crippen molar-refractivity contribution in [2.24, 2.45) is 35.5 Å². The zero-order valence-electron chi connectivity index (χ0n) is 59.9. The first kappa shape index (κ1) is 89.8. The number of aromatic nitrogens is 1. The Kier molecular flexibility index (Phi) is 40.9. The number of benzene rings is 1. The molecule has 4 aromatic heterocycles. The molecule has 5 aromatic rings. The van der Waals surface area contributed by atoms with Gasteiger partial charge in [-0.25, -0.2) is 5.06 Å². The highest BCUT2D eigenvalue weighted by Crippen LogP contribution is 2.40. The van der Waals surface area contributed by atoms with Crippen LogP contribution in [-0.2, 0) is 44.9 Å². The van der Waals surface area contributed by atoms with E-state index in [9.17, 15) is 65.4 Å². The second-order valence-electron chi connectivity index (χ2n) is 27.2. The number of phenols is 1. The van der Waals surface area contributed by atoms with Crippen molar-refractivity contribution >= 4 is 129 Å². The fourth-order valence-electron chi connectivity index (χ4n) is 13.3. The molecule has 19 nitrogen and oxygen atoms in total. The van der Waals surface area contributed by atoms with E-state index in [0.29, 0.717) is 112 Å². The number of nitrogens with one attached hydrogen (secondary N) is 3. The molecule has 105 heavy (non-hydrogen) atoms. The number of aryl methyl sites for hydroxylation is 4. The normalized spacial score (nSPS) is 23.5. The number of rotatable bonds is 39. The zero-order chi connectivity index (χ0) is 76.5. The summed E-state index contributed by atoms with van der Waals surface area (Å²) in [5, 5.41) is 120. The summed E-state index contributed by atoms with van der Waals surface area (Å²) < 4.78 is 3.38. The monoisotopic (exact) mass is 1700 g/mol. The van der Waals surface area contributed by atoms with Gasteiger partial charge in [0.2, 0.25) is 17.7 Å². The van der Waals surface area contributed by atoms with E-state index in [2.05, 4.69) is 53.5 Å². The Morgan fingerprint density at radius 3 is 1.55 bits per heavy atom. The lowest BCUT2D eigenvalue weighted by Crippen LogP contribution is -2.25. The zero-order valence-corrected chi connectivity index (χ0v) is 67.8. The largest absolute Gasteiger partial charge is 0.508 e. The first-order chi connectivity index (χ1) is 50.2. The number of fused-ring (bicyclic) bond motifs is 1. The number of phenolic OH excluding ortho intramolecular Hbond substituents is 1. The lowest BCUT2D eigenvalue weighted by Gasteiger charge is -2.19. The van der Waals surface area contributed by atoms with E-state index in [0.717, 1.165) is 95.0 Å². The highest BCUT2D eigenvalue weighted by Gasteiger charge is 2.41. The second kappa shape index (κ2) is 47.9. The summed E-state index contributed by atoms with van der Waals surface area (Å²) in [6.45, 7) is 2.73. The Labute approximate surface area is 661 Å². The van der Waals surface area contributed by atoms with Crippen molar-refractivity contribution in [2.45, 2.75) is 203 Å². The van der Waals surface area contributed by atoms with Gasteiger partial charge in [0.1, 0.15) is 5.75 Å². The van der Waals surface area contributed by atoms with Crippen LogP contribution in [0.3, 0.4) is 0 Å². The summed E-state index contributed by atoms with van der Waals surface area (Å²) in [4.78, 5) is 45.8. The minimum absolute atomic E-state index is 0.0163. The van der Waals surface area contributed by atoms with Crippen molar-refractivity contribution in [3.63, 3.8) is 0 Å². The molecule has 582 valence electrons. The van der Waals surface area contributed by atoms with Crippen molar-refractivity contribution in [3.8, 4) is 5.75 Å². The fraction of sp³-hybridized carbons (Fsp3) is 0.551. The number of nitrogens with zero attached hydrogens (tertiary/aromatic N) is 1. The molecule has 3 amide bonds. The van der Waals surface area contributed by atoms with Gasteiger partial charge < -0.3 is 71.8 Å². The topological polar surface area (TPSA) is 326 Å². The number of aromatic hydroxyl groups is 1. The minimum atomic E-state index is -0.678. The summed E-state index contributed by atoms with van der Waals surface area (Å²) in [7, 11) is 3.06. The third-order valence-electron chi connectivity index (χ3n) is 19.4. The molecular weight excluding hydrogens is 1600 g/mol. The van der Waals surface area contributed by atoms with Crippen LogP contribution in [0.2, 0.25) is 13.7 Å². The van der Waals surface area contributed by atoms with Gasteiger partial charge in [-0.2, -0.15) is 0 Å². The first-order valence-corrected chi connectivity index (χ1v) is 41.4. The van der Waals surface area contributed by atoms with Crippen molar-refractivity contribution in [2.75, 3.05) is 33.9 Å². The summed E-state index contributed by atoms with van der Waals surface area (Å²) in [6.07, 6.45) is 30.2. The van der Waals surface area contributed by atoms with Crippen LogP contribution in [0.5, 0.6) is 5.75 Å². The molecule has 0 aliphatic heterocycles. The molecule has 15 atom stereocenters. The molecule has 3 aliphatic carbocycles. The predicted octanol–water partition coefficient (Wildman–Crippen LogP) is 13.7. The Balaban J connectivity index is 0.000000250. The van der Waals surface area contributed by atoms with Crippen molar-refractivity contribution < 1.29 is 75.4 Å². The van der Waals surface area contributed by atoms with E-state index >= 15 is 0 Å². The number of allylic oxidation sites excluding steroid dienone is 6. The van der Waals surface area contributed by atoms with E-state index in [1.54, 1.807) is 60.1 Å². The molecule has 3 aliphatic rings. The Bertz CT molecular complexity index is 3600. The third kappa shape index (κ3) is 31.7. The molecule has 0 saturated heterocycles.